The average Bonchev–Trinajstić information content (AvgIpc) is 2.59. The second-order valence-electron chi connectivity index (χ2n) is 5.97. The summed E-state index contributed by atoms with van der Waals surface area (Å²) in [4.78, 5) is 0. The molecule has 0 bridgehead atoms. The number of rotatable bonds is 2. The van der Waals surface area contributed by atoms with Crippen molar-refractivity contribution in [1.29, 1.82) is 0 Å². The zero-order valence-corrected chi connectivity index (χ0v) is 13.9. The first-order valence-corrected chi connectivity index (χ1v) is 7.56. The Morgan fingerprint density at radius 1 is 0.704 bits per heavy atom. The summed E-state index contributed by atoms with van der Waals surface area (Å²) in [5.74, 6) is 3.47. The van der Waals surface area contributed by atoms with Gasteiger partial charge in [0.15, 0.2) is 0 Å². The number of halogens is 6. The van der Waals surface area contributed by atoms with Gasteiger partial charge in [-0.1, -0.05) is 54.3 Å². The van der Waals surface area contributed by atoms with Gasteiger partial charge in [0.1, 0.15) is 5.60 Å². The molecular weight excluding hydrogens is 374 g/mol. The SMILES string of the molecule is CC(O)(C#CC(O)(c1ccccc1)C(F)(F)F)c1cccc(C(F)(F)F)c1. The first-order valence-electron chi connectivity index (χ1n) is 7.56. The fourth-order valence-electron chi connectivity index (χ4n) is 2.27. The predicted molar refractivity (Wildman–Crippen MR) is 85.2 cm³/mol. The number of hydrogen-bond donors (Lipinski definition) is 2. The van der Waals surface area contributed by atoms with Crippen LogP contribution in [-0.2, 0) is 17.4 Å². The van der Waals surface area contributed by atoms with E-state index in [9.17, 15) is 36.6 Å². The molecule has 2 atom stereocenters. The van der Waals surface area contributed by atoms with E-state index in [4.69, 9.17) is 0 Å². The van der Waals surface area contributed by atoms with Crippen LogP contribution >= 0.6 is 0 Å². The van der Waals surface area contributed by atoms with Crippen molar-refractivity contribution < 1.29 is 36.6 Å². The minimum atomic E-state index is -5.20. The molecule has 0 aromatic heterocycles. The van der Waals surface area contributed by atoms with Crippen molar-refractivity contribution in [2.45, 2.75) is 30.5 Å². The molecule has 2 N–H and O–H groups in total. The van der Waals surface area contributed by atoms with Gasteiger partial charge in [0.25, 0.3) is 0 Å². The Morgan fingerprint density at radius 3 is 1.74 bits per heavy atom. The van der Waals surface area contributed by atoms with Crippen LogP contribution in [0.3, 0.4) is 0 Å². The van der Waals surface area contributed by atoms with Crippen LogP contribution in [0.1, 0.15) is 23.6 Å². The summed E-state index contributed by atoms with van der Waals surface area (Å²) in [5, 5.41) is 20.5. The van der Waals surface area contributed by atoms with Gasteiger partial charge in [0.05, 0.1) is 5.56 Å². The molecule has 0 saturated heterocycles. The van der Waals surface area contributed by atoms with E-state index in [1.54, 1.807) is 5.92 Å². The number of benzene rings is 2. The van der Waals surface area contributed by atoms with E-state index in [1.807, 2.05) is 5.92 Å². The largest absolute Gasteiger partial charge is 0.433 e. The van der Waals surface area contributed by atoms with Gasteiger partial charge in [-0.25, -0.2) is 0 Å². The molecule has 0 radical (unpaired) electrons. The first kappa shape index (κ1) is 20.8. The standard InChI is InChI=1S/C19H14F6O2/c1-16(26,14-8-5-9-15(12-14)18(20,21)22)10-11-17(27,19(23,24)25)13-6-3-2-4-7-13/h2-9,12,26-27H,1H3. The van der Waals surface area contributed by atoms with E-state index in [0.717, 1.165) is 37.3 Å². The zero-order valence-electron chi connectivity index (χ0n) is 13.9. The molecule has 2 aromatic rings. The van der Waals surface area contributed by atoms with Crippen molar-refractivity contribution in [2.24, 2.45) is 0 Å². The maximum absolute atomic E-state index is 13.4. The van der Waals surface area contributed by atoms with Crippen molar-refractivity contribution in [3.63, 3.8) is 0 Å². The average molecular weight is 388 g/mol. The number of aliphatic hydroxyl groups is 2. The summed E-state index contributed by atoms with van der Waals surface area (Å²) in [6.07, 6.45) is -9.90. The van der Waals surface area contributed by atoms with E-state index in [0.29, 0.717) is 6.07 Å². The van der Waals surface area contributed by atoms with Crippen LogP contribution in [0, 0.1) is 11.8 Å². The van der Waals surface area contributed by atoms with Crippen LogP contribution in [0.15, 0.2) is 54.6 Å². The summed E-state index contributed by atoms with van der Waals surface area (Å²) >= 11 is 0. The van der Waals surface area contributed by atoms with Gasteiger partial charge in [-0.2, -0.15) is 26.3 Å². The monoisotopic (exact) mass is 388 g/mol. The number of alkyl halides is 6. The maximum atomic E-state index is 13.4. The Morgan fingerprint density at radius 2 is 1.22 bits per heavy atom. The molecule has 2 nitrogen and oxygen atoms in total. The van der Waals surface area contributed by atoms with Crippen LogP contribution in [0.25, 0.3) is 0 Å². The highest BCUT2D eigenvalue weighted by molar-refractivity contribution is 5.40. The molecule has 0 aliphatic heterocycles. The van der Waals surface area contributed by atoms with E-state index in [-0.39, 0.29) is 5.56 Å². The summed E-state index contributed by atoms with van der Waals surface area (Å²) < 4.78 is 78.6. The molecular formula is C19H14F6O2. The van der Waals surface area contributed by atoms with E-state index in [2.05, 4.69) is 0 Å². The van der Waals surface area contributed by atoms with E-state index >= 15 is 0 Å². The molecule has 2 unspecified atom stereocenters. The summed E-state index contributed by atoms with van der Waals surface area (Å²) in [6.45, 7) is 0.942. The van der Waals surface area contributed by atoms with E-state index < -0.39 is 34.7 Å². The molecule has 0 heterocycles. The molecule has 0 aliphatic carbocycles. The van der Waals surface area contributed by atoms with Gasteiger partial charge in [0.2, 0.25) is 5.60 Å². The van der Waals surface area contributed by atoms with Crippen molar-refractivity contribution in [3.8, 4) is 11.8 Å². The fraction of sp³-hybridized carbons (Fsp3) is 0.263. The van der Waals surface area contributed by atoms with Gasteiger partial charge in [0, 0.05) is 5.56 Å². The third kappa shape index (κ3) is 4.43. The third-order valence-electron chi connectivity index (χ3n) is 3.84. The van der Waals surface area contributed by atoms with Gasteiger partial charge in [-0.05, 0) is 24.6 Å². The third-order valence-corrected chi connectivity index (χ3v) is 3.84. The Balaban J connectivity index is 2.52. The lowest BCUT2D eigenvalue weighted by Gasteiger charge is -2.26. The highest BCUT2D eigenvalue weighted by Gasteiger charge is 2.54. The Hall–Kier alpha value is -2.50. The van der Waals surface area contributed by atoms with E-state index in [1.165, 1.54) is 18.2 Å². The fourth-order valence-corrected chi connectivity index (χ4v) is 2.27. The minimum absolute atomic E-state index is 0.359. The van der Waals surface area contributed by atoms with Crippen LogP contribution < -0.4 is 0 Å². The Labute approximate surface area is 151 Å². The maximum Gasteiger partial charge on any atom is 0.433 e. The van der Waals surface area contributed by atoms with Gasteiger partial charge >= 0.3 is 12.4 Å². The Kier molecular flexibility index (Phi) is 5.32. The molecule has 2 rings (SSSR count). The first-order chi connectivity index (χ1) is 12.3. The lowest BCUT2D eigenvalue weighted by molar-refractivity contribution is -0.240. The van der Waals surface area contributed by atoms with Crippen molar-refractivity contribution in [3.05, 3.63) is 71.3 Å². The second kappa shape index (κ2) is 6.91. The summed E-state index contributed by atoms with van der Waals surface area (Å²) in [5.41, 5.74) is -7.99. The highest BCUT2D eigenvalue weighted by Crippen LogP contribution is 2.39. The molecule has 27 heavy (non-hydrogen) atoms. The lowest BCUT2D eigenvalue weighted by atomic mass is 9.90. The normalized spacial score (nSPS) is 16.6. The topological polar surface area (TPSA) is 40.5 Å². The van der Waals surface area contributed by atoms with Crippen molar-refractivity contribution in [2.75, 3.05) is 0 Å². The highest BCUT2D eigenvalue weighted by atomic mass is 19.4. The van der Waals surface area contributed by atoms with Gasteiger partial charge < -0.3 is 10.2 Å². The summed E-state index contributed by atoms with van der Waals surface area (Å²) in [6, 6.07) is 9.40. The van der Waals surface area contributed by atoms with Crippen LogP contribution in [0.2, 0.25) is 0 Å². The van der Waals surface area contributed by atoms with Crippen LogP contribution in [0.4, 0.5) is 26.3 Å². The van der Waals surface area contributed by atoms with Crippen molar-refractivity contribution >= 4 is 0 Å². The molecule has 2 aromatic carbocycles. The van der Waals surface area contributed by atoms with Crippen LogP contribution in [0.5, 0.6) is 0 Å². The molecule has 0 amide bonds. The molecule has 8 heteroatoms. The lowest BCUT2D eigenvalue weighted by Crippen LogP contribution is -2.41. The zero-order chi connectivity index (χ0) is 20.5. The second-order valence-corrected chi connectivity index (χ2v) is 5.97. The summed E-state index contributed by atoms with van der Waals surface area (Å²) in [7, 11) is 0. The van der Waals surface area contributed by atoms with Gasteiger partial charge in [-0.3, -0.25) is 0 Å². The molecule has 0 saturated carbocycles. The number of hydrogen-bond acceptors (Lipinski definition) is 2. The minimum Gasteiger partial charge on any atom is -0.374 e. The quantitative estimate of drug-likeness (QED) is 0.593. The Bertz CT molecular complexity index is 859. The smallest absolute Gasteiger partial charge is 0.374 e. The molecule has 0 spiro atoms. The predicted octanol–water partition coefficient (Wildman–Crippen LogP) is 4.37. The molecule has 144 valence electrons. The van der Waals surface area contributed by atoms with Crippen LogP contribution in [-0.4, -0.2) is 16.4 Å². The van der Waals surface area contributed by atoms with Crippen molar-refractivity contribution in [1.82, 2.24) is 0 Å². The van der Waals surface area contributed by atoms with Gasteiger partial charge in [-0.15, -0.1) is 0 Å². The molecule has 0 fully saturated rings. The molecule has 0 aliphatic rings.